The quantitative estimate of drug-likeness (QED) is 0.567. The summed E-state index contributed by atoms with van der Waals surface area (Å²) in [7, 11) is 0. The van der Waals surface area contributed by atoms with Crippen LogP contribution in [0.4, 0.5) is 4.39 Å². The van der Waals surface area contributed by atoms with Crippen LogP contribution in [0.25, 0.3) is 0 Å². The van der Waals surface area contributed by atoms with E-state index in [9.17, 15) is 9.18 Å². The number of ether oxygens (including phenoxy) is 1. The molecular weight excluding hydrogens is 135 g/mol. The van der Waals surface area contributed by atoms with E-state index in [-0.39, 0.29) is 13.0 Å². The topological polar surface area (TPSA) is 26.3 Å². The van der Waals surface area contributed by atoms with E-state index in [4.69, 9.17) is 0 Å². The molecule has 0 saturated carbocycles. The zero-order valence-corrected chi connectivity index (χ0v) is 6.39. The predicted molar refractivity (Wildman–Crippen MR) is 36.4 cm³/mol. The van der Waals surface area contributed by atoms with Gasteiger partial charge in [0.25, 0.3) is 0 Å². The molecule has 60 valence electrons. The molecule has 0 saturated heterocycles. The summed E-state index contributed by atoms with van der Waals surface area (Å²) in [5.74, 6) is -0.732. The van der Waals surface area contributed by atoms with Gasteiger partial charge in [-0.15, -0.1) is 0 Å². The van der Waals surface area contributed by atoms with E-state index in [0.717, 1.165) is 0 Å². The highest BCUT2D eigenvalue weighted by molar-refractivity contribution is 5.74. The average molecular weight is 148 g/mol. The van der Waals surface area contributed by atoms with Gasteiger partial charge in [0.15, 0.2) is 6.17 Å². The summed E-state index contributed by atoms with van der Waals surface area (Å²) in [4.78, 5) is 10.5. The molecule has 2 nitrogen and oxygen atoms in total. The molecule has 3 heteroatoms. The third-order valence-corrected chi connectivity index (χ3v) is 1.08. The number of esters is 1. The molecule has 10 heavy (non-hydrogen) atoms. The Balaban J connectivity index is 3.49. The second kappa shape index (κ2) is 5.21. The largest absolute Gasteiger partial charge is 0.464 e. The van der Waals surface area contributed by atoms with E-state index < -0.39 is 12.1 Å². The molecule has 1 atom stereocenters. The lowest BCUT2D eigenvalue weighted by Gasteiger charge is -2.04. The van der Waals surface area contributed by atoms with Crippen molar-refractivity contribution in [3.05, 3.63) is 0 Å². The minimum atomic E-state index is -1.43. The van der Waals surface area contributed by atoms with Gasteiger partial charge in [-0.05, 0) is 13.3 Å². The highest BCUT2D eigenvalue weighted by Crippen LogP contribution is 2.02. The Morgan fingerprint density at radius 3 is 2.60 bits per heavy atom. The summed E-state index contributed by atoms with van der Waals surface area (Å²) in [5.41, 5.74) is 0. The van der Waals surface area contributed by atoms with Gasteiger partial charge >= 0.3 is 5.97 Å². The highest BCUT2D eigenvalue weighted by Gasteiger charge is 2.16. The molecule has 0 N–H and O–H groups in total. The fourth-order valence-electron chi connectivity index (χ4n) is 0.604. The number of rotatable bonds is 4. The first-order chi connectivity index (χ1) is 4.72. The lowest BCUT2D eigenvalue weighted by Crippen LogP contribution is -2.18. The second-order valence-electron chi connectivity index (χ2n) is 2.01. The van der Waals surface area contributed by atoms with E-state index in [0.29, 0.717) is 6.42 Å². The van der Waals surface area contributed by atoms with Crippen molar-refractivity contribution in [3.63, 3.8) is 0 Å². The minimum Gasteiger partial charge on any atom is -0.464 e. The maximum Gasteiger partial charge on any atom is 0.340 e. The fraction of sp³-hybridized carbons (Fsp3) is 0.857. The SMILES string of the molecule is CCC[C@@H](F)C(=O)OCC. The van der Waals surface area contributed by atoms with Gasteiger partial charge in [0.05, 0.1) is 6.61 Å². The van der Waals surface area contributed by atoms with Gasteiger partial charge in [0.1, 0.15) is 0 Å². The maximum atomic E-state index is 12.5. The van der Waals surface area contributed by atoms with Crippen molar-refractivity contribution >= 4 is 5.97 Å². The molecule has 0 aliphatic carbocycles. The number of alkyl halides is 1. The minimum absolute atomic E-state index is 0.253. The van der Waals surface area contributed by atoms with E-state index in [2.05, 4.69) is 4.74 Å². The van der Waals surface area contributed by atoms with Gasteiger partial charge in [0, 0.05) is 0 Å². The van der Waals surface area contributed by atoms with Crippen molar-refractivity contribution < 1.29 is 13.9 Å². The molecule has 0 heterocycles. The van der Waals surface area contributed by atoms with Crippen molar-refractivity contribution in [1.82, 2.24) is 0 Å². The van der Waals surface area contributed by atoms with Crippen LogP contribution in [0.3, 0.4) is 0 Å². The normalized spacial score (nSPS) is 12.7. The van der Waals surface area contributed by atoms with Gasteiger partial charge in [-0.3, -0.25) is 0 Å². The Hall–Kier alpha value is -0.600. The number of hydrogen-bond acceptors (Lipinski definition) is 2. The zero-order chi connectivity index (χ0) is 7.98. The molecular formula is C7H13FO2. The number of hydrogen-bond donors (Lipinski definition) is 0. The third-order valence-electron chi connectivity index (χ3n) is 1.08. The fourth-order valence-corrected chi connectivity index (χ4v) is 0.604. The van der Waals surface area contributed by atoms with Crippen LogP contribution >= 0.6 is 0 Å². The van der Waals surface area contributed by atoms with Gasteiger partial charge in [0.2, 0.25) is 0 Å². The van der Waals surface area contributed by atoms with Crippen molar-refractivity contribution in [2.75, 3.05) is 6.61 Å². The summed E-state index contributed by atoms with van der Waals surface area (Å²) in [6.45, 7) is 3.74. The summed E-state index contributed by atoms with van der Waals surface area (Å²) in [6.07, 6.45) is -0.497. The van der Waals surface area contributed by atoms with Crippen LogP contribution in [0.1, 0.15) is 26.7 Å². The Kier molecular flexibility index (Phi) is 4.89. The van der Waals surface area contributed by atoms with E-state index in [1.54, 1.807) is 6.92 Å². The number of halogens is 1. The summed E-state index contributed by atoms with van der Waals surface area (Å²) in [5, 5.41) is 0. The summed E-state index contributed by atoms with van der Waals surface area (Å²) < 4.78 is 17.0. The van der Waals surface area contributed by atoms with E-state index in [1.807, 2.05) is 6.92 Å². The van der Waals surface area contributed by atoms with Gasteiger partial charge in [-0.25, -0.2) is 9.18 Å². The van der Waals surface area contributed by atoms with Crippen LogP contribution in [0, 0.1) is 0 Å². The van der Waals surface area contributed by atoms with Crippen LogP contribution in [-0.4, -0.2) is 18.7 Å². The molecule has 0 aromatic heterocycles. The first-order valence-electron chi connectivity index (χ1n) is 3.53. The van der Waals surface area contributed by atoms with Crippen LogP contribution in [0.15, 0.2) is 0 Å². The molecule has 0 aliphatic rings. The zero-order valence-electron chi connectivity index (χ0n) is 6.39. The van der Waals surface area contributed by atoms with E-state index in [1.165, 1.54) is 0 Å². The molecule has 0 aromatic carbocycles. The monoisotopic (exact) mass is 148 g/mol. The third kappa shape index (κ3) is 3.43. The number of carbonyl (C=O) groups is 1. The molecule has 0 spiro atoms. The molecule has 0 unspecified atom stereocenters. The van der Waals surface area contributed by atoms with Crippen molar-refractivity contribution in [2.24, 2.45) is 0 Å². The molecule has 0 bridgehead atoms. The highest BCUT2D eigenvalue weighted by atomic mass is 19.1. The molecule has 0 fully saturated rings. The maximum absolute atomic E-state index is 12.5. The lowest BCUT2D eigenvalue weighted by atomic mass is 10.2. The van der Waals surface area contributed by atoms with Crippen molar-refractivity contribution in [3.8, 4) is 0 Å². The summed E-state index contributed by atoms with van der Waals surface area (Å²) in [6, 6.07) is 0. The van der Waals surface area contributed by atoms with Crippen LogP contribution in [0.5, 0.6) is 0 Å². The van der Waals surface area contributed by atoms with Crippen molar-refractivity contribution in [2.45, 2.75) is 32.9 Å². The van der Waals surface area contributed by atoms with Crippen LogP contribution in [0.2, 0.25) is 0 Å². The number of carbonyl (C=O) groups excluding carboxylic acids is 1. The Labute approximate surface area is 60.4 Å². The van der Waals surface area contributed by atoms with Gasteiger partial charge in [-0.1, -0.05) is 13.3 Å². The lowest BCUT2D eigenvalue weighted by molar-refractivity contribution is -0.149. The predicted octanol–water partition coefficient (Wildman–Crippen LogP) is 1.69. The smallest absolute Gasteiger partial charge is 0.340 e. The van der Waals surface area contributed by atoms with Gasteiger partial charge < -0.3 is 4.74 Å². The standard InChI is InChI=1S/C7H13FO2/c1-3-5-6(8)7(9)10-4-2/h6H,3-5H2,1-2H3/t6-/m1/s1. The summed E-state index contributed by atoms with van der Waals surface area (Å²) >= 11 is 0. The average Bonchev–Trinajstić information content (AvgIpc) is 1.89. The molecule has 0 aromatic rings. The van der Waals surface area contributed by atoms with Gasteiger partial charge in [-0.2, -0.15) is 0 Å². The molecule has 0 amide bonds. The Bertz CT molecular complexity index is 104. The van der Waals surface area contributed by atoms with Crippen molar-refractivity contribution in [1.29, 1.82) is 0 Å². The first kappa shape index (κ1) is 9.40. The Morgan fingerprint density at radius 2 is 2.20 bits per heavy atom. The van der Waals surface area contributed by atoms with Crippen LogP contribution < -0.4 is 0 Å². The van der Waals surface area contributed by atoms with Crippen LogP contribution in [-0.2, 0) is 9.53 Å². The first-order valence-corrected chi connectivity index (χ1v) is 3.53. The molecule has 0 rings (SSSR count). The molecule has 0 radical (unpaired) electrons. The molecule has 0 aliphatic heterocycles. The Morgan fingerprint density at radius 1 is 1.60 bits per heavy atom. The second-order valence-corrected chi connectivity index (χ2v) is 2.01. The van der Waals surface area contributed by atoms with E-state index >= 15 is 0 Å².